The first-order chi connectivity index (χ1) is 16.7. The molecule has 1 unspecified atom stereocenters. The summed E-state index contributed by atoms with van der Waals surface area (Å²) in [5.74, 6) is -1.67. The SMILES string of the molecule is CCC(C)CN(CC(=O)N(Cc1ccccc1)Cc1ccc(C)s1)C(=O)Nc1ccc(F)cc1F. The molecule has 0 saturated carbocycles. The van der Waals surface area contributed by atoms with E-state index in [1.165, 1.54) is 11.0 Å². The molecule has 0 radical (unpaired) electrons. The fourth-order valence-corrected chi connectivity index (χ4v) is 4.47. The fourth-order valence-electron chi connectivity index (χ4n) is 3.57. The summed E-state index contributed by atoms with van der Waals surface area (Å²) in [7, 11) is 0. The first kappa shape index (κ1) is 26.3. The number of hydrogen-bond acceptors (Lipinski definition) is 3. The van der Waals surface area contributed by atoms with Crippen LogP contribution in [0.25, 0.3) is 0 Å². The number of halogens is 2. The minimum absolute atomic E-state index is 0.131. The number of benzene rings is 2. The van der Waals surface area contributed by atoms with Crippen LogP contribution in [-0.4, -0.2) is 34.8 Å². The molecule has 3 amide bonds. The number of nitrogens with zero attached hydrogens (tertiary/aromatic N) is 2. The van der Waals surface area contributed by atoms with E-state index >= 15 is 0 Å². The Kier molecular flexibility index (Phi) is 9.37. The van der Waals surface area contributed by atoms with Gasteiger partial charge in [0, 0.05) is 28.9 Å². The summed E-state index contributed by atoms with van der Waals surface area (Å²) in [6.07, 6.45) is 0.811. The van der Waals surface area contributed by atoms with E-state index < -0.39 is 17.7 Å². The second-order valence-electron chi connectivity index (χ2n) is 8.70. The van der Waals surface area contributed by atoms with Gasteiger partial charge < -0.3 is 15.1 Å². The zero-order chi connectivity index (χ0) is 25.4. The van der Waals surface area contributed by atoms with Crippen molar-refractivity contribution in [2.75, 3.05) is 18.4 Å². The molecule has 0 aliphatic rings. The quantitative estimate of drug-likeness (QED) is 0.349. The summed E-state index contributed by atoms with van der Waals surface area (Å²) in [5.41, 5.74) is 0.855. The highest BCUT2D eigenvalue weighted by atomic mass is 32.1. The summed E-state index contributed by atoms with van der Waals surface area (Å²) in [6.45, 7) is 7.01. The maximum absolute atomic E-state index is 14.1. The third-order valence-corrected chi connectivity index (χ3v) is 6.71. The summed E-state index contributed by atoms with van der Waals surface area (Å²) < 4.78 is 27.4. The number of hydrogen-bond donors (Lipinski definition) is 1. The van der Waals surface area contributed by atoms with Crippen molar-refractivity contribution in [2.45, 2.75) is 40.3 Å². The predicted octanol–water partition coefficient (Wildman–Crippen LogP) is 6.44. The molecule has 186 valence electrons. The molecule has 1 atom stereocenters. The number of rotatable bonds is 10. The zero-order valence-corrected chi connectivity index (χ0v) is 21.1. The predicted molar refractivity (Wildman–Crippen MR) is 136 cm³/mol. The summed E-state index contributed by atoms with van der Waals surface area (Å²) in [4.78, 5) is 31.9. The molecule has 5 nitrogen and oxygen atoms in total. The second kappa shape index (κ2) is 12.4. The molecule has 35 heavy (non-hydrogen) atoms. The number of thiophene rings is 1. The number of nitrogens with one attached hydrogen (secondary N) is 1. The molecule has 0 spiro atoms. The van der Waals surface area contributed by atoms with Gasteiger partial charge >= 0.3 is 6.03 Å². The van der Waals surface area contributed by atoms with Gasteiger partial charge in [0.05, 0.1) is 12.2 Å². The third kappa shape index (κ3) is 7.89. The van der Waals surface area contributed by atoms with Gasteiger partial charge in [-0.3, -0.25) is 4.79 Å². The Morgan fingerprint density at radius 1 is 1.00 bits per heavy atom. The van der Waals surface area contributed by atoms with Crippen LogP contribution in [0.4, 0.5) is 19.3 Å². The van der Waals surface area contributed by atoms with Crippen molar-refractivity contribution in [2.24, 2.45) is 5.92 Å². The average molecular weight is 500 g/mol. The van der Waals surface area contributed by atoms with E-state index in [0.29, 0.717) is 25.7 Å². The van der Waals surface area contributed by atoms with Crippen molar-refractivity contribution in [3.8, 4) is 0 Å². The maximum atomic E-state index is 14.1. The van der Waals surface area contributed by atoms with Crippen molar-refractivity contribution in [3.63, 3.8) is 0 Å². The third-order valence-electron chi connectivity index (χ3n) is 5.73. The summed E-state index contributed by atoms with van der Waals surface area (Å²) in [5, 5.41) is 2.49. The van der Waals surface area contributed by atoms with E-state index in [4.69, 9.17) is 0 Å². The number of carbonyl (C=O) groups is 2. The molecular formula is C27H31F2N3O2S. The van der Waals surface area contributed by atoms with Gasteiger partial charge in [-0.15, -0.1) is 11.3 Å². The Labute approximate surface area is 209 Å². The number of urea groups is 1. The smallest absolute Gasteiger partial charge is 0.322 e. The lowest BCUT2D eigenvalue weighted by Gasteiger charge is -2.29. The second-order valence-corrected chi connectivity index (χ2v) is 10.1. The van der Waals surface area contributed by atoms with Crippen LogP contribution in [0.15, 0.2) is 60.7 Å². The van der Waals surface area contributed by atoms with Gasteiger partial charge in [0.15, 0.2) is 0 Å². The van der Waals surface area contributed by atoms with Gasteiger partial charge in [0.25, 0.3) is 0 Å². The van der Waals surface area contributed by atoms with Crippen LogP contribution in [0.5, 0.6) is 0 Å². The lowest BCUT2D eigenvalue weighted by atomic mass is 10.1. The highest BCUT2D eigenvalue weighted by Gasteiger charge is 2.24. The van der Waals surface area contributed by atoms with Crippen LogP contribution in [0.2, 0.25) is 0 Å². The average Bonchev–Trinajstić information content (AvgIpc) is 3.24. The number of amides is 3. The van der Waals surface area contributed by atoms with Crippen LogP contribution in [0.1, 0.15) is 35.6 Å². The number of carbonyl (C=O) groups excluding carboxylic acids is 2. The van der Waals surface area contributed by atoms with Crippen molar-refractivity contribution in [1.29, 1.82) is 0 Å². The van der Waals surface area contributed by atoms with E-state index in [2.05, 4.69) is 5.32 Å². The van der Waals surface area contributed by atoms with Crippen LogP contribution in [0.3, 0.4) is 0 Å². The standard InChI is InChI=1S/C27H31F2N3O2S/c1-4-19(2)15-32(27(34)30-25-13-11-22(28)14-24(25)29)18-26(33)31(16-21-8-6-5-7-9-21)17-23-12-10-20(3)35-23/h5-14,19H,4,15-18H2,1-3H3,(H,30,34). The molecule has 8 heteroatoms. The molecule has 1 heterocycles. The Balaban J connectivity index is 1.79. The Morgan fingerprint density at radius 3 is 2.37 bits per heavy atom. The lowest BCUT2D eigenvalue weighted by Crippen LogP contribution is -2.45. The number of aryl methyl sites for hydroxylation is 1. The first-order valence-electron chi connectivity index (χ1n) is 11.6. The fraction of sp³-hybridized carbons (Fsp3) is 0.333. The van der Waals surface area contributed by atoms with E-state index in [1.807, 2.05) is 63.2 Å². The summed E-state index contributed by atoms with van der Waals surface area (Å²) in [6, 6.07) is 16.1. The highest BCUT2D eigenvalue weighted by Crippen LogP contribution is 2.20. The van der Waals surface area contributed by atoms with Crippen molar-refractivity contribution in [3.05, 3.63) is 87.6 Å². The maximum Gasteiger partial charge on any atom is 0.322 e. The molecule has 0 saturated heterocycles. The molecule has 0 fully saturated rings. The zero-order valence-electron chi connectivity index (χ0n) is 20.3. The van der Waals surface area contributed by atoms with Crippen LogP contribution >= 0.6 is 11.3 Å². The normalized spacial score (nSPS) is 11.7. The van der Waals surface area contributed by atoms with Crippen molar-refractivity contribution in [1.82, 2.24) is 9.80 Å². The molecule has 3 aromatic rings. The Hall–Kier alpha value is -3.26. The minimum Gasteiger partial charge on any atom is -0.332 e. The lowest BCUT2D eigenvalue weighted by molar-refractivity contribution is -0.133. The van der Waals surface area contributed by atoms with Crippen LogP contribution in [-0.2, 0) is 17.9 Å². The molecule has 1 N–H and O–H groups in total. The molecule has 0 aliphatic carbocycles. The van der Waals surface area contributed by atoms with Gasteiger partial charge in [-0.1, -0.05) is 50.6 Å². The molecular weight excluding hydrogens is 468 g/mol. The monoisotopic (exact) mass is 499 g/mol. The van der Waals surface area contributed by atoms with Crippen LogP contribution in [0, 0.1) is 24.5 Å². The Morgan fingerprint density at radius 2 is 1.74 bits per heavy atom. The van der Waals surface area contributed by atoms with E-state index in [-0.39, 0.29) is 24.1 Å². The minimum atomic E-state index is -0.869. The van der Waals surface area contributed by atoms with Crippen molar-refractivity contribution < 1.29 is 18.4 Å². The molecule has 3 rings (SSSR count). The first-order valence-corrected chi connectivity index (χ1v) is 12.4. The molecule has 2 aromatic carbocycles. The molecule has 1 aromatic heterocycles. The van der Waals surface area contributed by atoms with Gasteiger partial charge in [-0.2, -0.15) is 0 Å². The van der Waals surface area contributed by atoms with Gasteiger partial charge in [-0.25, -0.2) is 13.6 Å². The van der Waals surface area contributed by atoms with Gasteiger partial charge in [-0.05, 0) is 42.7 Å². The Bertz CT molecular complexity index is 1140. The van der Waals surface area contributed by atoms with Gasteiger partial charge in [0.1, 0.15) is 18.2 Å². The highest BCUT2D eigenvalue weighted by molar-refractivity contribution is 7.11. The van der Waals surface area contributed by atoms with E-state index in [0.717, 1.165) is 27.8 Å². The van der Waals surface area contributed by atoms with E-state index in [1.54, 1.807) is 16.2 Å². The summed E-state index contributed by atoms with van der Waals surface area (Å²) >= 11 is 1.63. The number of anilines is 1. The van der Waals surface area contributed by atoms with Crippen molar-refractivity contribution >= 4 is 29.0 Å². The van der Waals surface area contributed by atoms with Crippen LogP contribution < -0.4 is 5.32 Å². The largest absolute Gasteiger partial charge is 0.332 e. The molecule has 0 aliphatic heterocycles. The van der Waals surface area contributed by atoms with E-state index in [9.17, 15) is 18.4 Å². The molecule has 0 bridgehead atoms. The topological polar surface area (TPSA) is 52.7 Å². The van der Waals surface area contributed by atoms with Gasteiger partial charge in [0.2, 0.25) is 5.91 Å².